The van der Waals surface area contributed by atoms with E-state index in [1.165, 1.54) is 12.1 Å². The van der Waals surface area contributed by atoms with Gasteiger partial charge in [0.25, 0.3) is 0 Å². The fourth-order valence-corrected chi connectivity index (χ4v) is 3.30. The molecule has 0 saturated carbocycles. The van der Waals surface area contributed by atoms with E-state index in [1.54, 1.807) is 16.7 Å². The quantitative estimate of drug-likeness (QED) is 0.733. The van der Waals surface area contributed by atoms with Crippen molar-refractivity contribution in [2.45, 2.75) is 24.2 Å². The van der Waals surface area contributed by atoms with E-state index in [9.17, 15) is 18.6 Å². The standard InChI is InChI=1S/C17H18N2O4S/c1-24(22,23)13-8-6-12(7-9-13)16(21)10-19-15-5-3-2-4-14(15)18-17(19)11-20/h2-9,16,20-21H,10-11H2,1H3. The van der Waals surface area contributed by atoms with Crippen molar-refractivity contribution in [3.05, 3.63) is 59.9 Å². The average Bonchev–Trinajstić information content (AvgIpc) is 2.92. The topological polar surface area (TPSA) is 92.4 Å². The smallest absolute Gasteiger partial charge is 0.175 e. The highest BCUT2D eigenvalue weighted by atomic mass is 32.2. The highest BCUT2D eigenvalue weighted by Gasteiger charge is 2.16. The lowest BCUT2D eigenvalue weighted by Gasteiger charge is -2.15. The molecule has 1 atom stereocenters. The molecule has 0 radical (unpaired) electrons. The first-order chi connectivity index (χ1) is 11.4. The molecular weight excluding hydrogens is 328 g/mol. The molecule has 7 heteroatoms. The monoisotopic (exact) mass is 346 g/mol. The highest BCUT2D eigenvalue weighted by Crippen LogP contribution is 2.22. The summed E-state index contributed by atoms with van der Waals surface area (Å²) in [5.74, 6) is 0.475. The Labute approximate surface area is 139 Å². The number of para-hydroxylation sites is 2. The van der Waals surface area contributed by atoms with Gasteiger partial charge in [-0.2, -0.15) is 0 Å². The van der Waals surface area contributed by atoms with Crippen molar-refractivity contribution in [3.63, 3.8) is 0 Å². The zero-order valence-electron chi connectivity index (χ0n) is 13.1. The van der Waals surface area contributed by atoms with Crippen molar-refractivity contribution >= 4 is 20.9 Å². The minimum absolute atomic E-state index is 0.211. The number of sulfone groups is 1. The molecule has 1 aromatic heterocycles. The second-order valence-electron chi connectivity index (χ2n) is 5.64. The van der Waals surface area contributed by atoms with E-state index in [0.717, 1.165) is 17.3 Å². The van der Waals surface area contributed by atoms with Crippen LogP contribution in [0.5, 0.6) is 0 Å². The van der Waals surface area contributed by atoms with Crippen LogP contribution in [0.4, 0.5) is 0 Å². The Kier molecular flexibility index (Phi) is 4.40. The van der Waals surface area contributed by atoms with Crippen LogP contribution >= 0.6 is 0 Å². The minimum Gasteiger partial charge on any atom is -0.388 e. The first-order valence-electron chi connectivity index (χ1n) is 7.43. The summed E-state index contributed by atoms with van der Waals surface area (Å²) in [7, 11) is -3.26. The number of nitrogens with zero attached hydrogens (tertiary/aromatic N) is 2. The minimum atomic E-state index is -3.26. The van der Waals surface area contributed by atoms with E-state index in [1.807, 2.05) is 24.3 Å². The van der Waals surface area contributed by atoms with Crippen LogP contribution in [-0.2, 0) is 23.0 Å². The Hall–Kier alpha value is -2.22. The fourth-order valence-electron chi connectivity index (χ4n) is 2.67. The second-order valence-corrected chi connectivity index (χ2v) is 7.66. The Bertz CT molecular complexity index is 962. The van der Waals surface area contributed by atoms with Crippen LogP contribution in [0.2, 0.25) is 0 Å². The second kappa shape index (κ2) is 6.35. The molecule has 1 unspecified atom stereocenters. The molecule has 6 nitrogen and oxygen atoms in total. The number of aliphatic hydroxyl groups excluding tert-OH is 2. The number of hydrogen-bond acceptors (Lipinski definition) is 5. The van der Waals surface area contributed by atoms with Gasteiger partial charge in [-0.15, -0.1) is 0 Å². The predicted octanol–water partition coefficient (Wildman–Crippen LogP) is 1.67. The van der Waals surface area contributed by atoms with Gasteiger partial charge in [-0.3, -0.25) is 0 Å². The number of imidazole rings is 1. The molecule has 0 bridgehead atoms. The van der Waals surface area contributed by atoms with Gasteiger partial charge < -0.3 is 14.8 Å². The van der Waals surface area contributed by atoms with E-state index in [4.69, 9.17) is 0 Å². The third-order valence-electron chi connectivity index (χ3n) is 3.92. The van der Waals surface area contributed by atoms with Crippen LogP contribution in [0.1, 0.15) is 17.5 Å². The van der Waals surface area contributed by atoms with E-state index < -0.39 is 15.9 Å². The van der Waals surface area contributed by atoms with Crippen LogP contribution < -0.4 is 0 Å². The van der Waals surface area contributed by atoms with Gasteiger partial charge in [0.05, 0.1) is 28.6 Å². The number of fused-ring (bicyclic) bond motifs is 1. The van der Waals surface area contributed by atoms with E-state index in [2.05, 4.69) is 4.98 Å². The summed E-state index contributed by atoms with van der Waals surface area (Å²) in [5, 5.41) is 20.0. The summed E-state index contributed by atoms with van der Waals surface area (Å²) in [6.07, 6.45) is 0.297. The molecule has 0 fully saturated rings. The van der Waals surface area contributed by atoms with Crippen molar-refractivity contribution in [1.82, 2.24) is 9.55 Å². The largest absolute Gasteiger partial charge is 0.388 e. The summed E-state index contributed by atoms with van der Waals surface area (Å²) in [6, 6.07) is 13.6. The normalized spacial score (nSPS) is 13.3. The van der Waals surface area contributed by atoms with E-state index in [-0.39, 0.29) is 18.0 Å². The van der Waals surface area contributed by atoms with Crippen LogP contribution in [-0.4, -0.2) is 34.4 Å². The molecule has 2 aromatic carbocycles. The maximum Gasteiger partial charge on any atom is 0.175 e. The lowest BCUT2D eigenvalue weighted by Crippen LogP contribution is -2.12. The number of hydrogen-bond donors (Lipinski definition) is 2. The summed E-state index contributed by atoms with van der Waals surface area (Å²) in [4.78, 5) is 4.56. The molecular formula is C17H18N2O4S. The lowest BCUT2D eigenvalue weighted by molar-refractivity contribution is 0.153. The van der Waals surface area contributed by atoms with Crippen LogP contribution in [0, 0.1) is 0 Å². The molecule has 3 aromatic rings. The van der Waals surface area contributed by atoms with Gasteiger partial charge in [0.1, 0.15) is 12.4 Å². The van der Waals surface area contributed by atoms with Gasteiger partial charge in [-0.05, 0) is 29.8 Å². The maximum atomic E-state index is 11.5. The van der Waals surface area contributed by atoms with Crippen LogP contribution in [0.15, 0.2) is 53.4 Å². The molecule has 0 aliphatic rings. The van der Waals surface area contributed by atoms with Crippen molar-refractivity contribution < 1.29 is 18.6 Å². The zero-order chi connectivity index (χ0) is 17.3. The van der Waals surface area contributed by atoms with Gasteiger partial charge in [0, 0.05) is 6.26 Å². The molecule has 126 valence electrons. The van der Waals surface area contributed by atoms with Crippen molar-refractivity contribution in [2.75, 3.05) is 6.26 Å². The third-order valence-corrected chi connectivity index (χ3v) is 5.05. The Morgan fingerprint density at radius 3 is 2.42 bits per heavy atom. The molecule has 0 amide bonds. The number of benzene rings is 2. The molecule has 0 aliphatic heterocycles. The molecule has 0 saturated heterocycles. The third kappa shape index (κ3) is 3.19. The summed E-state index contributed by atoms with van der Waals surface area (Å²) < 4.78 is 24.8. The fraction of sp³-hybridized carbons (Fsp3) is 0.235. The highest BCUT2D eigenvalue weighted by molar-refractivity contribution is 7.90. The lowest BCUT2D eigenvalue weighted by atomic mass is 10.1. The zero-order valence-corrected chi connectivity index (χ0v) is 13.9. The van der Waals surface area contributed by atoms with Gasteiger partial charge in [0.15, 0.2) is 9.84 Å². The molecule has 1 heterocycles. The summed E-state index contributed by atoms with van der Waals surface area (Å²) >= 11 is 0. The molecule has 0 aliphatic carbocycles. The SMILES string of the molecule is CS(=O)(=O)c1ccc(C(O)Cn2c(CO)nc3ccccc32)cc1. The molecule has 3 rings (SSSR count). The molecule has 0 spiro atoms. The van der Waals surface area contributed by atoms with E-state index in [0.29, 0.717) is 11.4 Å². The van der Waals surface area contributed by atoms with Gasteiger partial charge in [-0.1, -0.05) is 24.3 Å². The van der Waals surface area contributed by atoms with Gasteiger partial charge in [-0.25, -0.2) is 13.4 Å². The average molecular weight is 346 g/mol. The van der Waals surface area contributed by atoms with E-state index >= 15 is 0 Å². The Morgan fingerprint density at radius 1 is 1.12 bits per heavy atom. The van der Waals surface area contributed by atoms with Crippen LogP contribution in [0.25, 0.3) is 11.0 Å². The first-order valence-corrected chi connectivity index (χ1v) is 9.32. The Balaban J connectivity index is 1.91. The Morgan fingerprint density at radius 2 is 1.79 bits per heavy atom. The summed E-state index contributed by atoms with van der Waals surface area (Å²) in [5.41, 5.74) is 2.18. The predicted molar refractivity (Wildman–Crippen MR) is 90.2 cm³/mol. The maximum absolute atomic E-state index is 11.5. The van der Waals surface area contributed by atoms with Crippen molar-refractivity contribution in [1.29, 1.82) is 0 Å². The number of aliphatic hydroxyl groups is 2. The van der Waals surface area contributed by atoms with Crippen molar-refractivity contribution in [2.24, 2.45) is 0 Å². The van der Waals surface area contributed by atoms with Crippen LogP contribution in [0.3, 0.4) is 0 Å². The van der Waals surface area contributed by atoms with Gasteiger partial charge >= 0.3 is 0 Å². The first kappa shape index (κ1) is 16.6. The summed E-state index contributed by atoms with van der Waals surface area (Å²) in [6.45, 7) is -0.0109. The van der Waals surface area contributed by atoms with Gasteiger partial charge in [0.2, 0.25) is 0 Å². The number of rotatable bonds is 5. The van der Waals surface area contributed by atoms with Crippen molar-refractivity contribution in [3.8, 4) is 0 Å². The molecule has 2 N–H and O–H groups in total. The number of aromatic nitrogens is 2. The molecule has 24 heavy (non-hydrogen) atoms.